The van der Waals surface area contributed by atoms with E-state index in [2.05, 4.69) is 5.32 Å². The number of aryl methyl sites for hydroxylation is 1. The Labute approximate surface area is 157 Å². The number of carbonyl (C=O) groups is 2. The molecule has 1 aromatic heterocycles. The summed E-state index contributed by atoms with van der Waals surface area (Å²) in [5.41, 5.74) is 7.13. The van der Waals surface area contributed by atoms with Crippen molar-refractivity contribution in [1.29, 1.82) is 0 Å². The molecular formula is C20H24N2O3S. The number of para-hydroxylation sites is 1. The average Bonchev–Trinajstić information content (AvgIpc) is 2.81. The third kappa shape index (κ3) is 4.07. The monoisotopic (exact) mass is 372 g/mol. The van der Waals surface area contributed by atoms with Crippen LogP contribution in [0.5, 0.6) is 5.75 Å². The van der Waals surface area contributed by atoms with Crippen LogP contribution in [-0.4, -0.2) is 17.9 Å². The molecule has 5 nitrogen and oxygen atoms in total. The molecule has 0 bridgehead atoms. The van der Waals surface area contributed by atoms with E-state index in [0.29, 0.717) is 22.7 Å². The van der Waals surface area contributed by atoms with Crippen LogP contribution in [0.15, 0.2) is 30.3 Å². The third-order valence-corrected chi connectivity index (χ3v) is 5.80. The Bertz CT molecular complexity index is 786. The summed E-state index contributed by atoms with van der Waals surface area (Å²) in [6.45, 7) is 1.89. The molecule has 26 heavy (non-hydrogen) atoms. The molecule has 0 aliphatic heterocycles. The molecule has 0 saturated heterocycles. The number of primary amides is 1. The zero-order chi connectivity index (χ0) is 18.5. The average molecular weight is 372 g/mol. The van der Waals surface area contributed by atoms with Gasteiger partial charge in [-0.05, 0) is 49.8 Å². The van der Waals surface area contributed by atoms with E-state index in [1.807, 2.05) is 37.3 Å². The largest absolute Gasteiger partial charge is 0.481 e. The van der Waals surface area contributed by atoms with Gasteiger partial charge >= 0.3 is 0 Å². The number of anilines is 1. The van der Waals surface area contributed by atoms with E-state index in [-0.39, 0.29) is 5.91 Å². The van der Waals surface area contributed by atoms with Gasteiger partial charge in [0, 0.05) is 4.88 Å². The highest BCUT2D eigenvalue weighted by Gasteiger charge is 2.26. The van der Waals surface area contributed by atoms with Crippen LogP contribution in [0.1, 0.15) is 53.4 Å². The Morgan fingerprint density at radius 1 is 1.19 bits per heavy atom. The maximum Gasteiger partial charge on any atom is 0.266 e. The van der Waals surface area contributed by atoms with Crippen molar-refractivity contribution < 1.29 is 14.3 Å². The number of hydrogen-bond donors (Lipinski definition) is 2. The Balaban J connectivity index is 1.80. The van der Waals surface area contributed by atoms with E-state index in [0.717, 1.165) is 37.7 Å². The second-order valence-corrected chi connectivity index (χ2v) is 7.56. The van der Waals surface area contributed by atoms with E-state index >= 15 is 0 Å². The molecule has 1 aliphatic rings. The number of benzene rings is 1. The lowest BCUT2D eigenvalue weighted by Gasteiger charge is -2.17. The number of thiophene rings is 1. The first kappa shape index (κ1) is 18.5. The van der Waals surface area contributed by atoms with Crippen LogP contribution in [0.25, 0.3) is 0 Å². The molecule has 6 heteroatoms. The van der Waals surface area contributed by atoms with Gasteiger partial charge in [-0.15, -0.1) is 11.3 Å². The Morgan fingerprint density at radius 2 is 1.92 bits per heavy atom. The van der Waals surface area contributed by atoms with Gasteiger partial charge in [0.2, 0.25) is 0 Å². The molecule has 1 atom stereocenters. The van der Waals surface area contributed by atoms with Gasteiger partial charge in [-0.25, -0.2) is 0 Å². The number of carbonyl (C=O) groups excluding carboxylic acids is 2. The van der Waals surface area contributed by atoms with Gasteiger partial charge in [0.05, 0.1) is 5.56 Å². The van der Waals surface area contributed by atoms with Gasteiger partial charge in [-0.2, -0.15) is 0 Å². The molecule has 3 N–H and O–H groups in total. The van der Waals surface area contributed by atoms with Crippen molar-refractivity contribution in [1.82, 2.24) is 0 Å². The maximum atomic E-state index is 12.7. The lowest BCUT2D eigenvalue weighted by molar-refractivity contribution is -0.122. The minimum Gasteiger partial charge on any atom is -0.481 e. The predicted octanol–water partition coefficient (Wildman–Crippen LogP) is 3.91. The summed E-state index contributed by atoms with van der Waals surface area (Å²) in [6, 6.07) is 9.25. The second-order valence-electron chi connectivity index (χ2n) is 6.45. The highest BCUT2D eigenvalue weighted by atomic mass is 32.1. The van der Waals surface area contributed by atoms with E-state index < -0.39 is 12.0 Å². The van der Waals surface area contributed by atoms with Crippen LogP contribution in [0.2, 0.25) is 0 Å². The van der Waals surface area contributed by atoms with Gasteiger partial charge in [-0.1, -0.05) is 31.5 Å². The summed E-state index contributed by atoms with van der Waals surface area (Å²) in [7, 11) is 0. The Kier molecular flexibility index (Phi) is 5.93. The fourth-order valence-electron chi connectivity index (χ4n) is 3.27. The topological polar surface area (TPSA) is 81.4 Å². The molecule has 1 aliphatic carbocycles. The molecule has 138 valence electrons. The molecule has 0 radical (unpaired) electrons. The highest BCUT2D eigenvalue weighted by Crippen LogP contribution is 2.37. The summed E-state index contributed by atoms with van der Waals surface area (Å²) < 4.78 is 5.80. The number of nitrogens with two attached hydrogens (primary N) is 1. The van der Waals surface area contributed by atoms with E-state index in [4.69, 9.17) is 10.5 Å². The van der Waals surface area contributed by atoms with Crippen molar-refractivity contribution in [2.75, 3.05) is 5.32 Å². The zero-order valence-electron chi connectivity index (χ0n) is 14.9. The number of nitrogens with one attached hydrogen (secondary N) is 1. The molecular weight excluding hydrogens is 348 g/mol. The molecule has 1 heterocycles. The fourth-order valence-corrected chi connectivity index (χ4v) is 4.57. The number of fused-ring (bicyclic) bond motifs is 1. The van der Waals surface area contributed by atoms with Crippen molar-refractivity contribution in [3.63, 3.8) is 0 Å². The van der Waals surface area contributed by atoms with Crippen molar-refractivity contribution in [3.8, 4) is 5.75 Å². The maximum absolute atomic E-state index is 12.7. The molecule has 0 fully saturated rings. The third-order valence-electron chi connectivity index (χ3n) is 4.59. The van der Waals surface area contributed by atoms with Crippen molar-refractivity contribution in [2.45, 2.75) is 51.6 Å². The summed E-state index contributed by atoms with van der Waals surface area (Å²) in [6.07, 6.45) is 4.99. The van der Waals surface area contributed by atoms with Crippen LogP contribution in [0, 0.1) is 0 Å². The quantitative estimate of drug-likeness (QED) is 0.754. The highest BCUT2D eigenvalue weighted by molar-refractivity contribution is 7.17. The smallest absolute Gasteiger partial charge is 0.266 e. The van der Waals surface area contributed by atoms with Crippen molar-refractivity contribution >= 4 is 28.2 Å². The summed E-state index contributed by atoms with van der Waals surface area (Å²) >= 11 is 1.48. The molecule has 3 rings (SSSR count). The standard InChI is InChI=1S/C20H24N2O3S/c1-2-15(25-13-9-5-3-6-10-13)19(24)22-20-17(18(21)23)14-11-7-4-8-12-16(14)26-20/h3,5-6,9-10,15H,2,4,7-8,11-12H2,1H3,(H2,21,23)(H,22,24)/t15-/m1/s1. The predicted molar refractivity (Wildman–Crippen MR) is 104 cm³/mol. The minimum atomic E-state index is -0.625. The summed E-state index contributed by atoms with van der Waals surface area (Å²) in [5, 5.41) is 3.45. The van der Waals surface area contributed by atoms with Crippen molar-refractivity contribution in [2.24, 2.45) is 5.73 Å². The minimum absolute atomic E-state index is 0.254. The molecule has 2 aromatic rings. The van der Waals surface area contributed by atoms with Gasteiger partial charge in [0.15, 0.2) is 6.10 Å². The molecule has 0 saturated carbocycles. The van der Waals surface area contributed by atoms with Crippen LogP contribution in [0.3, 0.4) is 0 Å². The zero-order valence-corrected chi connectivity index (χ0v) is 15.7. The Hall–Kier alpha value is -2.34. The number of rotatable bonds is 6. The van der Waals surface area contributed by atoms with Crippen LogP contribution in [-0.2, 0) is 17.6 Å². The first-order valence-electron chi connectivity index (χ1n) is 9.07. The number of ether oxygens (including phenoxy) is 1. The normalized spacial score (nSPS) is 14.8. The van der Waals surface area contributed by atoms with E-state index in [9.17, 15) is 9.59 Å². The Morgan fingerprint density at radius 3 is 2.62 bits per heavy atom. The van der Waals surface area contributed by atoms with Crippen LogP contribution < -0.4 is 15.8 Å². The summed E-state index contributed by atoms with van der Waals surface area (Å²) in [4.78, 5) is 25.9. The van der Waals surface area contributed by atoms with Crippen molar-refractivity contribution in [3.05, 3.63) is 46.3 Å². The van der Waals surface area contributed by atoms with E-state index in [1.54, 1.807) is 0 Å². The molecule has 2 amide bonds. The first-order chi connectivity index (χ1) is 12.6. The van der Waals surface area contributed by atoms with Gasteiger partial charge in [0.1, 0.15) is 10.8 Å². The number of hydrogen-bond acceptors (Lipinski definition) is 4. The van der Waals surface area contributed by atoms with Crippen LogP contribution >= 0.6 is 11.3 Å². The van der Waals surface area contributed by atoms with Gasteiger partial charge < -0.3 is 15.8 Å². The summed E-state index contributed by atoms with van der Waals surface area (Å²) in [5.74, 6) is -0.0847. The van der Waals surface area contributed by atoms with Crippen LogP contribution in [0.4, 0.5) is 5.00 Å². The molecule has 0 spiro atoms. The fraction of sp³-hybridized carbons (Fsp3) is 0.400. The molecule has 1 aromatic carbocycles. The second kappa shape index (κ2) is 8.36. The lowest BCUT2D eigenvalue weighted by Crippen LogP contribution is -2.32. The van der Waals surface area contributed by atoms with E-state index in [1.165, 1.54) is 16.2 Å². The van der Waals surface area contributed by atoms with Gasteiger partial charge in [0.25, 0.3) is 11.8 Å². The SMILES string of the molecule is CC[C@@H](Oc1ccccc1)C(=O)Nc1sc2c(c1C(N)=O)CCCCC2. The van der Waals surface area contributed by atoms with Gasteiger partial charge in [-0.3, -0.25) is 9.59 Å². The number of amides is 2. The lowest BCUT2D eigenvalue weighted by atomic mass is 10.1. The molecule has 0 unspecified atom stereocenters. The first-order valence-corrected chi connectivity index (χ1v) is 9.88.